The van der Waals surface area contributed by atoms with Crippen molar-refractivity contribution in [2.45, 2.75) is 10.8 Å². The fourth-order valence-electron chi connectivity index (χ4n) is 16.4. The Labute approximate surface area is 645 Å². The Morgan fingerprint density at radius 3 is 0.812 bits per heavy atom. The molecule has 4 nitrogen and oxygen atoms in total. The van der Waals surface area contributed by atoms with Crippen LogP contribution >= 0.6 is 0 Å². The topological polar surface area (TPSA) is 24.9 Å². The Bertz CT molecular complexity index is 5870. The van der Waals surface area contributed by atoms with Gasteiger partial charge in [-0.2, -0.15) is 0 Å². The third-order valence-electron chi connectivity index (χ3n) is 21.7. The van der Waals surface area contributed by atoms with Gasteiger partial charge in [-0.25, -0.2) is 26.3 Å². The molecule has 16 aromatic carbocycles. The average Bonchev–Trinajstić information content (AvgIpc) is 1.54. The molecule has 0 saturated heterocycles. The van der Waals surface area contributed by atoms with E-state index in [4.69, 9.17) is 9.47 Å². The van der Waals surface area contributed by atoms with Crippen LogP contribution < -0.4 is 19.3 Å². The Hall–Kier alpha value is -14.2. The number of halogens is 6. The summed E-state index contributed by atoms with van der Waals surface area (Å²) in [6.07, 6.45) is 3.57. The molecule has 2 unspecified atom stereocenters. The van der Waals surface area contributed by atoms with Crippen LogP contribution in [0, 0.1) is 34.9 Å². The zero-order chi connectivity index (χ0) is 76.2. The average molecular weight is 1470 g/mol. The first kappa shape index (κ1) is 69.5. The van der Waals surface area contributed by atoms with E-state index in [9.17, 15) is 17.6 Å². The van der Waals surface area contributed by atoms with Crippen molar-refractivity contribution in [3.05, 3.63) is 468 Å². The van der Waals surface area contributed by atoms with Crippen molar-refractivity contribution < 1.29 is 35.8 Å². The van der Waals surface area contributed by atoms with E-state index >= 15 is 8.78 Å². The quantitative estimate of drug-likeness (QED) is 0.0754. The molecular formula is C102H66F6N2O2. The van der Waals surface area contributed by atoms with Crippen LogP contribution in [0.1, 0.15) is 55.6 Å². The summed E-state index contributed by atoms with van der Waals surface area (Å²) in [5.74, 6) is -1.82. The maximum Gasteiger partial charge on any atom is 0.159 e. The highest BCUT2D eigenvalue weighted by Gasteiger charge is 2.48. The molecule has 0 N–H and O–H groups in total. The Morgan fingerprint density at radius 2 is 0.500 bits per heavy atom. The van der Waals surface area contributed by atoms with E-state index in [-0.39, 0.29) is 11.6 Å². The molecule has 2 atom stereocenters. The molecular weight excluding hydrogens is 1400 g/mol. The number of anilines is 6. The van der Waals surface area contributed by atoms with Crippen molar-refractivity contribution in [2.24, 2.45) is 0 Å². The van der Waals surface area contributed by atoms with Gasteiger partial charge in [-0.1, -0.05) is 219 Å². The van der Waals surface area contributed by atoms with Gasteiger partial charge >= 0.3 is 0 Å². The van der Waals surface area contributed by atoms with Crippen LogP contribution in [0.25, 0.3) is 67.8 Å². The van der Waals surface area contributed by atoms with Gasteiger partial charge < -0.3 is 19.3 Å². The molecule has 0 amide bonds. The van der Waals surface area contributed by atoms with E-state index in [1.54, 1.807) is 24.3 Å². The molecule has 538 valence electrons. The summed E-state index contributed by atoms with van der Waals surface area (Å²) in [4.78, 5) is 4.36. The van der Waals surface area contributed by atoms with Crippen LogP contribution in [0.3, 0.4) is 0 Å². The summed E-state index contributed by atoms with van der Waals surface area (Å²) >= 11 is 0. The molecule has 16 aromatic rings. The van der Waals surface area contributed by atoms with Crippen molar-refractivity contribution >= 4 is 46.3 Å². The summed E-state index contributed by atoms with van der Waals surface area (Å²) in [6.45, 7) is 7.79. The third kappa shape index (κ3) is 12.4. The Kier molecular flexibility index (Phi) is 17.8. The van der Waals surface area contributed by atoms with Gasteiger partial charge in [0.2, 0.25) is 0 Å². The summed E-state index contributed by atoms with van der Waals surface area (Å²) in [6, 6.07) is 115. The van der Waals surface area contributed by atoms with E-state index in [0.717, 1.165) is 135 Å². The lowest BCUT2D eigenvalue weighted by molar-refractivity contribution is 0.482. The van der Waals surface area contributed by atoms with Crippen molar-refractivity contribution in [2.75, 3.05) is 9.80 Å². The first-order valence-corrected chi connectivity index (χ1v) is 36.8. The van der Waals surface area contributed by atoms with Gasteiger partial charge in [-0.3, -0.25) is 0 Å². The maximum atomic E-state index is 15.3. The summed E-state index contributed by atoms with van der Waals surface area (Å²) < 4.78 is 102. The summed E-state index contributed by atoms with van der Waals surface area (Å²) in [5, 5.41) is 0. The molecule has 0 radical (unpaired) electrons. The minimum absolute atomic E-state index is 0.358. The normalized spacial score (nSPS) is 14.3. The standard InChI is InChI=1S/C102H66F6N2O2/c1-3-65-13-49-85(50-14-65)111-87-53-31-75(32-54-87)101(73-27-35-77(103)36-28-73)93-11-7-5-9-89(93)91-57-47-83(63-95(91)101)109(81-43-21-69(22-44-81)71-25-59-97(105)99(107)61-71)79-39-17-67(18-40-79)68-19-41-80(42-20-68)110(82-45-23-70(24-46-82)72-26-60-98(106)100(108)62-72)84-48-58-92-90-10-6-8-12-94(90)102(96(92)64-84,74-29-37-78(104)38-30-74)76-33-55-88(56-34-76)112-86-51-15-66(4-2)16-52-86/h3-64H,1-2H2. The van der Waals surface area contributed by atoms with E-state index in [2.05, 4.69) is 156 Å². The largest absolute Gasteiger partial charge is 0.457 e. The number of fused-ring (bicyclic) bond motifs is 6. The second-order valence-corrected chi connectivity index (χ2v) is 28.0. The molecule has 2 aliphatic rings. The number of rotatable bonds is 19. The fourth-order valence-corrected chi connectivity index (χ4v) is 16.4. The first-order chi connectivity index (χ1) is 54.8. The molecule has 18 rings (SSSR count). The highest BCUT2D eigenvalue weighted by Crippen LogP contribution is 2.60. The van der Waals surface area contributed by atoms with Crippen molar-refractivity contribution in [1.82, 2.24) is 0 Å². The first-order valence-electron chi connectivity index (χ1n) is 36.8. The van der Waals surface area contributed by atoms with Crippen molar-refractivity contribution in [3.8, 4) is 78.6 Å². The minimum Gasteiger partial charge on any atom is -0.457 e. The molecule has 112 heavy (non-hydrogen) atoms. The lowest BCUT2D eigenvalue weighted by Gasteiger charge is -2.35. The molecule has 0 aliphatic heterocycles. The van der Waals surface area contributed by atoms with Gasteiger partial charge in [0.05, 0.1) is 10.8 Å². The molecule has 2 aliphatic carbocycles. The fraction of sp³-hybridized carbons (Fsp3) is 0.0196. The van der Waals surface area contributed by atoms with E-state index in [0.29, 0.717) is 45.3 Å². The smallest absolute Gasteiger partial charge is 0.159 e. The van der Waals surface area contributed by atoms with E-state index in [1.807, 2.05) is 170 Å². The second-order valence-electron chi connectivity index (χ2n) is 28.0. The molecule has 0 bridgehead atoms. The molecule has 10 heteroatoms. The molecule has 0 spiro atoms. The van der Waals surface area contributed by atoms with E-state index < -0.39 is 34.1 Å². The number of ether oxygens (including phenoxy) is 2. The summed E-state index contributed by atoms with van der Waals surface area (Å²) in [5.41, 5.74) is 20.9. The predicted octanol–water partition coefficient (Wildman–Crippen LogP) is 28.1. The second kappa shape index (κ2) is 28.7. The van der Waals surface area contributed by atoms with Crippen LogP contribution in [-0.4, -0.2) is 0 Å². The number of nitrogens with zero attached hydrogens (tertiary/aromatic N) is 2. The minimum atomic E-state index is -0.952. The number of hydrogen-bond acceptors (Lipinski definition) is 4. The SMILES string of the molecule is C=Cc1ccc(Oc2ccc(C3(c4ccc(F)cc4)c4ccccc4-c4ccc(N(c5ccc(-c6ccc(N(c7ccc(-c8ccc(F)c(F)c8)cc7)c7ccc8c(c7)C(c7ccc(F)cc7)(c7ccc(Oc9ccc(C=C)cc9)cc7)c7ccccc7-8)cc6)cc5)c5ccc(-c6ccc(F)c(F)c6)cc5)cc43)cc2)cc1. The van der Waals surface area contributed by atoms with Gasteiger partial charge in [0, 0.05) is 34.1 Å². The van der Waals surface area contributed by atoms with E-state index in [1.165, 1.54) is 36.4 Å². The lowest BCUT2D eigenvalue weighted by atomic mass is 9.67. The highest BCUT2D eigenvalue weighted by molar-refractivity contribution is 5.93. The lowest BCUT2D eigenvalue weighted by Crippen LogP contribution is -2.28. The Morgan fingerprint density at radius 1 is 0.232 bits per heavy atom. The number of benzene rings is 16. The molecule has 0 saturated carbocycles. The van der Waals surface area contributed by atoms with Gasteiger partial charge in [0.1, 0.15) is 34.6 Å². The van der Waals surface area contributed by atoms with Crippen molar-refractivity contribution in [3.63, 3.8) is 0 Å². The molecule has 0 fully saturated rings. The monoisotopic (exact) mass is 1460 g/mol. The van der Waals surface area contributed by atoms with Crippen LogP contribution in [0.15, 0.2) is 377 Å². The van der Waals surface area contributed by atoms with Crippen molar-refractivity contribution in [1.29, 1.82) is 0 Å². The van der Waals surface area contributed by atoms with Crippen LogP contribution in [-0.2, 0) is 10.8 Å². The zero-order valence-electron chi connectivity index (χ0n) is 60.2. The maximum absolute atomic E-state index is 15.3. The van der Waals surface area contributed by atoms with Crippen LogP contribution in [0.2, 0.25) is 0 Å². The van der Waals surface area contributed by atoms with Gasteiger partial charge in [-0.05, 0) is 281 Å². The number of hydrogen-bond donors (Lipinski definition) is 0. The van der Waals surface area contributed by atoms with Gasteiger partial charge in [0.15, 0.2) is 23.3 Å². The third-order valence-corrected chi connectivity index (χ3v) is 21.7. The molecule has 0 heterocycles. The van der Waals surface area contributed by atoms with Crippen LogP contribution in [0.4, 0.5) is 60.5 Å². The molecule has 0 aromatic heterocycles. The van der Waals surface area contributed by atoms with Gasteiger partial charge in [-0.15, -0.1) is 0 Å². The summed E-state index contributed by atoms with van der Waals surface area (Å²) in [7, 11) is 0. The van der Waals surface area contributed by atoms with Crippen LogP contribution in [0.5, 0.6) is 23.0 Å². The highest BCUT2D eigenvalue weighted by atomic mass is 19.2. The Balaban J connectivity index is 0.740. The predicted molar refractivity (Wildman–Crippen MR) is 440 cm³/mol. The zero-order valence-corrected chi connectivity index (χ0v) is 60.2. The van der Waals surface area contributed by atoms with Gasteiger partial charge in [0.25, 0.3) is 0 Å².